The van der Waals surface area contributed by atoms with Crippen LogP contribution in [-0.4, -0.2) is 33.7 Å². The first-order valence-electron chi connectivity index (χ1n) is 5.36. The van der Waals surface area contributed by atoms with Crippen LogP contribution in [0.5, 0.6) is 0 Å². The predicted molar refractivity (Wildman–Crippen MR) is 69.2 cm³/mol. The van der Waals surface area contributed by atoms with Gasteiger partial charge in [-0.1, -0.05) is 0 Å². The number of sulfonamides is 1. The molecule has 0 aliphatic rings. The van der Waals surface area contributed by atoms with E-state index in [0.29, 0.717) is 6.61 Å². The highest BCUT2D eigenvalue weighted by atomic mass is 79.9. The lowest BCUT2D eigenvalue weighted by Gasteiger charge is -2.11. The fourth-order valence-corrected chi connectivity index (χ4v) is 2.71. The monoisotopic (exact) mass is 355 g/mol. The zero-order valence-corrected chi connectivity index (χ0v) is 12.8. The molecule has 0 radical (unpaired) electrons. The van der Waals surface area contributed by atoms with Crippen LogP contribution in [0.4, 0.5) is 0 Å². The van der Waals surface area contributed by atoms with Crippen molar-refractivity contribution in [1.29, 1.82) is 0 Å². The lowest BCUT2D eigenvalue weighted by atomic mass is 10.4. The summed E-state index contributed by atoms with van der Waals surface area (Å²) in [5.41, 5.74) is 0. The van der Waals surface area contributed by atoms with Crippen LogP contribution in [0.15, 0.2) is 20.0 Å². The maximum absolute atomic E-state index is 11.7. The Labute approximate surface area is 119 Å². The molecule has 0 amide bonds. The summed E-state index contributed by atoms with van der Waals surface area (Å²) in [6, 6.07) is 1.01. The molecule has 1 aromatic heterocycles. The minimum Gasteiger partial charge on any atom is -0.454 e. The van der Waals surface area contributed by atoms with Crippen molar-refractivity contribution in [2.75, 3.05) is 13.2 Å². The van der Waals surface area contributed by atoms with Crippen LogP contribution in [0.3, 0.4) is 0 Å². The van der Waals surface area contributed by atoms with Crippen molar-refractivity contribution in [3.05, 3.63) is 16.5 Å². The molecule has 9 heteroatoms. The van der Waals surface area contributed by atoms with Crippen molar-refractivity contribution in [3.8, 4) is 0 Å². The Hall–Kier alpha value is -0.900. The number of rotatable bonds is 6. The van der Waals surface area contributed by atoms with E-state index in [9.17, 15) is 13.2 Å². The predicted octanol–water partition coefficient (Wildman–Crippen LogP) is 1.27. The third-order valence-electron chi connectivity index (χ3n) is 2.03. The molecule has 0 fully saturated rings. The largest absolute Gasteiger partial charge is 0.454 e. The highest BCUT2D eigenvalue weighted by Gasteiger charge is 2.24. The number of ether oxygens (including phenoxy) is 2. The smallest absolute Gasteiger partial charge is 0.374 e. The minimum atomic E-state index is -3.96. The number of furan rings is 1. The lowest BCUT2D eigenvalue weighted by Crippen LogP contribution is -2.20. The van der Waals surface area contributed by atoms with E-state index >= 15 is 0 Å². The third-order valence-corrected chi connectivity index (χ3v) is 3.80. The Bertz CT molecular complexity index is 552. The molecule has 0 bridgehead atoms. The molecule has 1 rings (SSSR count). The molecule has 0 aliphatic carbocycles. The number of halogens is 1. The average molecular weight is 356 g/mol. The number of primary sulfonamides is 1. The maximum Gasteiger partial charge on any atom is 0.374 e. The topological polar surface area (TPSA) is 109 Å². The van der Waals surface area contributed by atoms with Crippen LogP contribution >= 0.6 is 15.9 Å². The van der Waals surface area contributed by atoms with Crippen molar-refractivity contribution in [1.82, 2.24) is 0 Å². The number of nitrogens with two attached hydrogens (primary N) is 1. The molecule has 2 N–H and O–H groups in total. The molecule has 108 valence electrons. The summed E-state index contributed by atoms with van der Waals surface area (Å²) >= 11 is 2.87. The Morgan fingerprint density at radius 1 is 1.58 bits per heavy atom. The zero-order valence-electron chi connectivity index (χ0n) is 10.4. The van der Waals surface area contributed by atoms with Crippen molar-refractivity contribution in [3.63, 3.8) is 0 Å². The van der Waals surface area contributed by atoms with Gasteiger partial charge in [0.15, 0.2) is 4.67 Å². The zero-order chi connectivity index (χ0) is 14.6. The second kappa shape index (κ2) is 6.51. The highest BCUT2D eigenvalue weighted by molar-refractivity contribution is 9.10. The first-order chi connectivity index (χ1) is 8.75. The van der Waals surface area contributed by atoms with Crippen molar-refractivity contribution >= 4 is 31.9 Å². The van der Waals surface area contributed by atoms with Crippen LogP contribution in [0, 0.1) is 0 Å². The quantitative estimate of drug-likeness (QED) is 0.769. The van der Waals surface area contributed by atoms with Crippen LogP contribution in [0.2, 0.25) is 0 Å². The molecule has 0 saturated heterocycles. The summed E-state index contributed by atoms with van der Waals surface area (Å²) in [7, 11) is -3.96. The molecular formula is C10H14BrNO6S. The van der Waals surface area contributed by atoms with E-state index in [0.717, 1.165) is 6.07 Å². The standard InChI is InChI=1S/C10H14BrNO6S/c1-3-16-5-6(2)17-10(13)7-4-8(9(11)18-7)19(12,14)15/h4,6H,3,5H2,1-2H3,(H2,12,14,15). The summed E-state index contributed by atoms with van der Waals surface area (Å²) < 4.78 is 37.2. The summed E-state index contributed by atoms with van der Waals surface area (Å²) in [5, 5.41) is 4.95. The molecule has 1 aromatic rings. The first kappa shape index (κ1) is 16.2. The first-order valence-corrected chi connectivity index (χ1v) is 7.70. The second-order valence-electron chi connectivity index (χ2n) is 3.67. The normalized spacial score (nSPS) is 13.3. The van der Waals surface area contributed by atoms with Gasteiger partial charge < -0.3 is 13.9 Å². The van der Waals surface area contributed by atoms with Gasteiger partial charge in [-0.05, 0) is 29.8 Å². The molecule has 0 aromatic carbocycles. The van der Waals surface area contributed by atoms with E-state index in [4.69, 9.17) is 19.0 Å². The van der Waals surface area contributed by atoms with Gasteiger partial charge in [-0.25, -0.2) is 18.4 Å². The van der Waals surface area contributed by atoms with Gasteiger partial charge in [0.25, 0.3) is 0 Å². The molecule has 0 spiro atoms. The average Bonchev–Trinajstić information content (AvgIpc) is 2.68. The van der Waals surface area contributed by atoms with Crippen molar-refractivity contribution in [2.45, 2.75) is 24.8 Å². The fraction of sp³-hybridized carbons (Fsp3) is 0.500. The Morgan fingerprint density at radius 3 is 2.68 bits per heavy atom. The molecular weight excluding hydrogens is 342 g/mol. The van der Waals surface area contributed by atoms with Crippen LogP contribution in [0.1, 0.15) is 24.4 Å². The molecule has 1 unspecified atom stereocenters. The summed E-state index contributed by atoms with van der Waals surface area (Å²) in [6.07, 6.45) is -0.478. The van der Waals surface area contributed by atoms with Crippen LogP contribution in [-0.2, 0) is 19.5 Å². The van der Waals surface area contributed by atoms with Crippen LogP contribution in [0.25, 0.3) is 0 Å². The van der Waals surface area contributed by atoms with E-state index in [1.807, 2.05) is 6.92 Å². The van der Waals surface area contributed by atoms with Gasteiger partial charge in [-0.2, -0.15) is 0 Å². The third kappa shape index (κ3) is 4.60. The second-order valence-corrected chi connectivity index (χ2v) is 5.92. The van der Waals surface area contributed by atoms with Crippen molar-refractivity contribution in [2.24, 2.45) is 5.14 Å². The minimum absolute atomic E-state index is 0.139. The van der Waals surface area contributed by atoms with Gasteiger partial charge in [0.05, 0.1) is 6.61 Å². The fourth-order valence-electron chi connectivity index (χ4n) is 1.21. The van der Waals surface area contributed by atoms with E-state index in [2.05, 4.69) is 15.9 Å². The Balaban J connectivity index is 2.79. The van der Waals surface area contributed by atoms with E-state index in [-0.39, 0.29) is 21.9 Å². The van der Waals surface area contributed by atoms with E-state index < -0.39 is 22.1 Å². The molecule has 0 saturated carbocycles. The molecule has 1 heterocycles. The SMILES string of the molecule is CCOCC(C)OC(=O)c1cc(S(N)(=O)=O)c(Br)o1. The van der Waals surface area contributed by atoms with Gasteiger partial charge in [-0.3, -0.25) is 0 Å². The number of hydrogen-bond donors (Lipinski definition) is 1. The van der Waals surface area contributed by atoms with Gasteiger partial charge in [0.1, 0.15) is 11.0 Å². The Kier molecular flexibility index (Phi) is 5.53. The van der Waals surface area contributed by atoms with Gasteiger partial charge in [0.2, 0.25) is 15.8 Å². The lowest BCUT2D eigenvalue weighted by molar-refractivity contribution is 0.00167. The number of carbonyl (C=O) groups is 1. The summed E-state index contributed by atoms with van der Waals surface area (Å²) in [5.74, 6) is -1.04. The Morgan fingerprint density at radius 2 is 2.21 bits per heavy atom. The van der Waals surface area contributed by atoms with E-state index in [1.54, 1.807) is 6.92 Å². The van der Waals surface area contributed by atoms with Crippen LogP contribution < -0.4 is 5.14 Å². The van der Waals surface area contributed by atoms with Gasteiger partial charge in [-0.15, -0.1) is 0 Å². The number of carbonyl (C=O) groups excluding carboxylic acids is 1. The molecule has 7 nitrogen and oxygen atoms in total. The number of hydrogen-bond acceptors (Lipinski definition) is 6. The maximum atomic E-state index is 11.7. The van der Waals surface area contributed by atoms with E-state index in [1.165, 1.54) is 0 Å². The molecule has 0 aliphatic heterocycles. The van der Waals surface area contributed by atoms with Gasteiger partial charge >= 0.3 is 5.97 Å². The summed E-state index contributed by atoms with van der Waals surface area (Å²) in [6.45, 7) is 4.21. The molecule has 1 atom stereocenters. The van der Waals surface area contributed by atoms with Crippen molar-refractivity contribution < 1.29 is 27.1 Å². The summed E-state index contributed by atoms with van der Waals surface area (Å²) in [4.78, 5) is 11.4. The molecule has 19 heavy (non-hydrogen) atoms. The highest BCUT2D eigenvalue weighted by Crippen LogP contribution is 2.25. The van der Waals surface area contributed by atoms with Gasteiger partial charge in [0, 0.05) is 12.7 Å². The number of esters is 1.